The Kier molecular flexibility index (Phi) is 7.02. The lowest BCUT2D eigenvalue weighted by molar-refractivity contribution is -0.137. The zero-order valence-electron chi connectivity index (χ0n) is 14.9. The van der Waals surface area contributed by atoms with Crippen LogP contribution in [0.3, 0.4) is 0 Å². The third kappa shape index (κ3) is 5.51. The van der Waals surface area contributed by atoms with E-state index in [-0.39, 0.29) is 12.3 Å². The maximum atomic E-state index is 12.5. The minimum Gasteiger partial charge on any atom is -0.497 e. The molecule has 0 aliphatic rings. The number of hydrogen-bond acceptors (Lipinski definition) is 4. The zero-order valence-corrected chi connectivity index (χ0v) is 14.9. The van der Waals surface area contributed by atoms with Gasteiger partial charge >= 0.3 is 5.97 Å². The molecule has 2 aromatic rings. The van der Waals surface area contributed by atoms with E-state index >= 15 is 0 Å². The fourth-order valence-electron chi connectivity index (χ4n) is 2.45. The predicted octanol–water partition coefficient (Wildman–Crippen LogP) is 3.43. The number of carboxylic acid groups (broad SMARTS) is 1. The van der Waals surface area contributed by atoms with Crippen LogP contribution in [0, 0.1) is 0 Å². The van der Waals surface area contributed by atoms with Gasteiger partial charge in [0.25, 0.3) is 5.91 Å². The fourth-order valence-corrected chi connectivity index (χ4v) is 2.45. The van der Waals surface area contributed by atoms with Gasteiger partial charge in [-0.1, -0.05) is 25.1 Å². The predicted molar refractivity (Wildman–Crippen MR) is 97.7 cm³/mol. The summed E-state index contributed by atoms with van der Waals surface area (Å²) in [6.07, 6.45) is 0.685. The second-order valence-electron chi connectivity index (χ2n) is 5.77. The highest BCUT2D eigenvalue weighted by atomic mass is 16.5. The molecule has 0 spiro atoms. The molecular weight excluding hydrogens is 334 g/mol. The fraction of sp³-hybridized carbons (Fsp3) is 0.300. The van der Waals surface area contributed by atoms with Gasteiger partial charge in [-0.25, -0.2) is 0 Å². The van der Waals surface area contributed by atoms with Crippen LogP contribution >= 0.6 is 0 Å². The topological polar surface area (TPSA) is 84.9 Å². The second-order valence-corrected chi connectivity index (χ2v) is 5.77. The van der Waals surface area contributed by atoms with E-state index in [9.17, 15) is 14.7 Å². The quantitative estimate of drug-likeness (QED) is 0.718. The number of benzene rings is 2. The molecule has 26 heavy (non-hydrogen) atoms. The number of aliphatic carboxylic acids is 1. The molecule has 0 aliphatic heterocycles. The molecule has 0 fully saturated rings. The van der Waals surface area contributed by atoms with E-state index in [2.05, 4.69) is 5.32 Å². The summed E-state index contributed by atoms with van der Waals surface area (Å²) in [7, 11) is 1.52. The highest BCUT2D eigenvalue weighted by molar-refractivity contribution is 5.95. The number of carboxylic acids is 1. The third-order valence-electron chi connectivity index (χ3n) is 3.77. The molecular formula is C20H23NO5. The molecule has 0 bridgehead atoms. The third-order valence-corrected chi connectivity index (χ3v) is 3.77. The summed E-state index contributed by atoms with van der Waals surface area (Å²) in [5, 5.41) is 12.0. The van der Waals surface area contributed by atoms with Crippen LogP contribution in [-0.2, 0) is 4.79 Å². The van der Waals surface area contributed by atoms with Crippen molar-refractivity contribution in [1.82, 2.24) is 5.32 Å². The number of hydrogen-bond donors (Lipinski definition) is 2. The lowest BCUT2D eigenvalue weighted by atomic mass is 10.0. The average molecular weight is 357 g/mol. The summed E-state index contributed by atoms with van der Waals surface area (Å²) in [4.78, 5) is 23.7. The Labute approximate surface area is 152 Å². The van der Waals surface area contributed by atoms with E-state index in [1.807, 2.05) is 6.92 Å². The molecule has 2 aromatic carbocycles. The lowest BCUT2D eigenvalue weighted by Crippen LogP contribution is -2.30. The van der Waals surface area contributed by atoms with Crippen molar-refractivity contribution < 1.29 is 24.2 Å². The molecule has 6 nitrogen and oxygen atoms in total. The van der Waals surface area contributed by atoms with Crippen molar-refractivity contribution in [2.75, 3.05) is 13.7 Å². The van der Waals surface area contributed by atoms with Crippen LogP contribution in [0.25, 0.3) is 0 Å². The van der Waals surface area contributed by atoms with E-state index in [0.29, 0.717) is 29.2 Å². The van der Waals surface area contributed by atoms with Crippen LogP contribution in [0.2, 0.25) is 0 Å². The Bertz CT molecular complexity index is 742. The normalized spacial score (nSPS) is 11.5. The van der Waals surface area contributed by atoms with Crippen molar-refractivity contribution in [2.45, 2.75) is 25.8 Å². The maximum Gasteiger partial charge on any atom is 0.305 e. The smallest absolute Gasteiger partial charge is 0.305 e. The van der Waals surface area contributed by atoms with Crippen molar-refractivity contribution in [3.05, 3.63) is 59.7 Å². The molecule has 0 saturated carbocycles. The number of amides is 1. The Morgan fingerprint density at radius 2 is 1.85 bits per heavy atom. The largest absolute Gasteiger partial charge is 0.497 e. The van der Waals surface area contributed by atoms with E-state index in [1.165, 1.54) is 7.11 Å². The SMILES string of the molecule is CCCOc1ccc([C@@H](CC(=O)O)NC(=O)c2cccc(OC)c2)cc1. The number of rotatable bonds is 9. The molecule has 138 valence electrons. The molecule has 0 aromatic heterocycles. The van der Waals surface area contributed by atoms with Crippen molar-refractivity contribution in [2.24, 2.45) is 0 Å². The number of ether oxygens (including phenoxy) is 2. The monoisotopic (exact) mass is 357 g/mol. The van der Waals surface area contributed by atoms with Crippen molar-refractivity contribution in [1.29, 1.82) is 0 Å². The summed E-state index contributed by atoms with van der Waals surface area (Å²) in [6, 6.07) is 13.1. The molecule has 0 aliphatic carbocycles. The first-order valence-corrected chi connectivity index (χ1v) is 8.43. The van der Waals surface area contributed by atoms with Crippen LogP contribution in [-0.4, -0.2) is 30.7 Å². The lowest BCUT2D eigenvalue weighted by Gasteiger charge is -2.18. The van der Waals surface area contributed by atoms with Crippen LogP contribution in [0.1, 0.15) is 41.7 Å². The minimum absolute atomic E-state index is 0.217. The molecule has 1 amide bonds. The summed E-state index contributed by atoms with van der Waals surface area (Å²) in [6.45, 7) is 2.63. The Hall–Kier alpha value is -3.02. The zero-order chi connectivity index (χ0) is 18.9. The first-order chi connectivity index (χ1) is 12.5. The molecule has 0 saturated heterocycles. The van der Waals surface area contributed by atoms with Gasteiger partial charge in [0.2, 0.25) is 0 Å². The van der Waals surface area contributed by atoms with E-state index in [4.69, 9.17) is 9.47 Å². The Morgan fingerprint density at radius 3 is 2.46 bits per heavy atom. The summed E-state index contributed by atoms with van der Waals surface area (Å²) < 4.78 is 10.6. The Balaban J connectivity index is 2.15. The molecule has 1 atom stereocenters. The molecule has 6 heteroatoms. The summed E-state index contributed by atoms with van der Waals surface area (Å²) in [5.41, 5.74) is 1.11. The van der Waals surface area contributed by atoms with Crippen LogP contribution in [0.4, 0.5) is 0 Å². The highest BCUT2D eigenvalue weighted by Gasteiger charge is 2.19. The number of carbonyl (C=O) groups is 2. The number of carbonyl (C=O) groups excluding carboxylic acids is 1. The first kappa shape index (κ1) is 19.3. The molecule has 0 radical (unpaired) electrons. The van der Waals surface area contributed by atoms with Crippen molar-refractivity contribution in [3.63, 3.8) is 0 Å². The first-order valence-electron chi connectivity index (χ1n) is 8.43. The summed E-state index contributed by atoms with van der Waals surface area (Å²) in [5.74, 6) is -0.0811. The van der Waals surface area contributed by atoms with E-state index in [0.717, 1.165) is 6.42 Å². The number of methoxy groups -OCH3 is 1. The standard InChI is InChI=1S/C20H23NO5/c1-3-11-26-16-9-7-14(8-10-16)18(13-19(22)23)21-20(24)15-5-4-6-17(12-15)25-2/h4-10,12,18H,3,11,13H2,1-2H3,(H,21,24)(H,22,23)/t18-/m1/s1. The van der Waals surface area contributed by atoms with Gasteiger partial charge in [0.05, 0.1) is 26.2 Å². The summed E-state index contributed by atoms with van der Waals surface area (Å²) >= 11 is 0. The van der Waals surface area contributed by atoms with Gasteiger partial charge in [-0.2, -0.15) is 0 Å². The van der Waals surface area contributed by atoms with Crippen LogP contribution in [0.5, 0.6) is 11.5 Å². The highest BCUT2D eigenvalue weighted by Crippen LogP contribution is 2.22. The average Bonchev–Trinajstić information content (AvgIpc) is 2.66. The van der Waals surface area contributed by atoms with Crippen molar-refractivity contribution >= 4 is 11.9 Å². The van der Waals surface area contributed by atoms with Gasteiger partial charge in [0.15, 0.2) is 0 Å². The van der Waals surface area contributed by atoms with Crippen LogP contribution in [0.15, 0.2) is 48.5 Å². The van der Waals surface area contributed by atoms with Gasteiger partial charge in [-0.3, -0.25) is 9.59 Å². The van der Waals surface area contributed by atoms with Crippen molar-refractivity contribution in [3.8, 4) is 11.5 Å². The van der Waals surface area contributed by atoms with E-state index in [1.54, 1.807) is 48.5 Å². The van der Waals surface area contributed by atoms with Gasteiger partial charge in [0, 0.05) is 5.56 Å². The van der Waals surface area contributed by atoms with Gasteiger partial charge in [-0.05, 0) is 42.3 Å². The number of nitrogens with one attached hydrogen (secondary N) is 1. The second kappa shape index (κ2) is 9.46. The van der Waals surface area contributed by atoms with Gasteiger partial charge < -0.3 is 19.9 Å². The molecule has 2 N–H and O–H groups in total. The van der Waals surface area contributed by atoms with Crippen LogP contribution < -0.4 is 14.8 Å². The molecule has 0 heterocycles. The molecule has 2 rings (SSSR count). The van der Waals surface area contributed by atoms with E-state index < -0.39 is 12.0 Å². The van der Waals surface area contributed by atoms with Gasteiger partial charge in [0.1, 0.15) is 11.5 Å². The maximum absolute atomic E-state index is 12.5. The molecule has 0 unspecified atom stereocenters. The minimum atomic E-state index is -0.993. The Morgan fingerprint density at radius 1 is 1.12 bits per heavy atom. The van der Waals surface area contributed by atoms with Gasteiger partial charge in [-0.15, -0.1) is 0 Å².